The van der Waals surface area contributed by atoms with Crippen molar-refractivity contribution in [3.63, 3.8) is 0 Å². The van der Waals surface area contributed by atoms with Gasteiger partial charge in [0.05, 0.1) is 12.2 Å². The number of amides is 1. The Morgan fingerprint density at radius 1 is 1.15 bits per heavy atom. The van der Waals surface area contributed by atoms with Crippen molar-refractivity contribution in [2.45, 2.75) is 12.1 Å². The zero-order chi connectivity index (χ0) is 18.3. The number of hydrogen-bond acceptors (Lipinski definition) is 5. The molecule has 8 heteroatoms. The lowest BCUT2D eigenvalue weighted by molar-refractivity contribution is 0.0667. The van der Waals surface area contributed by atoms with Crippen molar-refractivity contribution in [3.8, 4) is 5.75 Å². The Kier molecular flexibility index (Phi) is 3.80. The number of fused-ring (bicyclic) bond motifs is 1. The van der Waals surface area contributed by atoms with E-state index in [2.05, 4.69) is 10.2 Å². The van der Waals surface area contributed by atoms with Gasteiger partial charge in [0.15, 0.2) is 11.4 Å². The molecular weight excluding hydrogens is 334 g/mol. The summed E-state index contributed by atoms with van der Waals surface area (Å²) >= 11 is 0. The highest BCUT2D eigenvalue weighted by atomic mass is 16.3. The first-order valence-electron chi connectivity index (χ1n) is 8.18. The number of nitrogens with zero attached hydrogens (tertiary/aromatic N) is 5. The Labute approximate surface area is 148 Å². The normalized spacial score (nSPS) is 17.8. The van der Waals surface area contributed by atoms with Gasteiger partial charge < -0.3 is 10.0 Å². The van der Waals surface area contributed by atoms with Crippen molar-refractivity contribution in [2.75, 3.05) is 13.6 Å². The Morgan fingerprint density at radius 3 is 2.62 bits per heavy atom. The fourth-order valence-electron chi connectivity index (χ4n) is 3.41. The van der Waals surface area contributed by atoms with Gasteiger partial charge in [0.1, 0.15) is 6.04 Å². The van der Waals surface area contributed by atoms with Crippen LogP contribution in [0.4, 0.5) is 0 Å². The highest BCUT2D eigenvalue weighted by molar-refractivity contribution is 5.95. The molecule has 3 aromatic rings. The predicted molar refractivity (Wildman–Crippen MR) is 93.0 cm³/mol. The third-order valence-electron chi connectivity index (χ3n) is 4.63. The smallest absolute Gasteiger partial charge is 0.275 e. The van der Waals surface area contributed by atoms with E-state index in [4.69, 9.17) is 0 Å². The first-order valence-corrected chi connectivity index (χ1v) is 8.18. The maximum absolute atomic E-state index is 12.5. The third kappa shape index (κ3) is 2.46. The summed E-state index contributed by atoms with van der Waals surface area (Å²) in [5, 5.41) is 18.7. The van der Waals surface area contributed by atoms with E-state index < -0.39 is 17.1 Å². The number of rotatable bonds is 3. The van der Waals surface area contributed by atoms with E-state index in [0.29, 0.717) is 6.54 Å². The maximum Gasteiger partial charge on any atom is 0.275 e. The minimum Gasteiger partial charge on any atom is -0.502 e. The summed E-state index contributed by atoms with van der Waals surface area (Å²) < 4.78 is 3.24. The molecular formula is C18H17N5O3. The van der Waals surface area contributed by atoms with Crippen molar-refractivity contribution >= 4 is 5.91 Å². The molecule has 1 aliphatic heterocycles. The highest BCUT2D eigenvalue weighted by Crippen LogP contribution is 2.34. The molecule has 2 atom stereocenters. The Bertz CT molecular complexity index is 997. The van der Waals surface area contributed by atoms with Gasteiger partial charge in [0.2, 0.25) is 5.43 Å². The Hall–Kier alpha value is -3.42. The molecule has 3 heterocycles. The number of carbonyl (C=O) groups excluding carboxylic acids is 1. The molecule has 8 nitrogen and oxygen atoms in total. The van der Waals surface area contributed by atoms with Crippen LogP contribution < -0.4 is 5.43 Å². The van der Waals surface area contributed by atoms with E-state index in [-0.39, 0.29) is 17.8 Å². The van der Waals surface area contributed by atoms with E-state index in [1.54, 1.807) is 17.9 Å². The van der Waals surface area contributed by atoms with Crippen LogP contribution in [0.15, 0.2) is 59.8 Å². The van der Waals surface area contributed by atoms with E-state index >= 15 is 0 Å². The summed E-state index contributed by atoms with van der Waals surface area (Å²) in [6, 6.07) is 11.0. The molecule has 1 amide bonds. The van der Waals surface area contributed by atoms with Gasteiger partial charge in [0.25, 0.3) is 5.91 Å². The van der Waals surface area contributed by atoms with Gasteiger partial charge in [-0.15, -0.1) is 0 Å². The lowest BCUT2D eigenvalue weighted by atomic mass is 9.97. The molecule has 0 bridgehead atoms. The van der Waals surface area contributed by atoms with Crippen molar-refractivity contribution in [1.82, 2.24) is 24.5 Å². The second-order valence-electron chi connectivity index (χ2n) is 6.25. The van der Waals surface area contributed by atoms with Crippen LogP contribution >= 0.6 is 0 Å². The van der Waals surface area contributed by atoms with Crippen LogP contribution in [0.2, 0.25) is 0 Å². The van der Waals surface area contributed by atoms with Gasteiger partial charge in [-0.1, -0.05) is 30.3 Å². The molecule has 4 rings (SSSR count). The van der Waals surface area contributed by atoms with Crippen LogP contribution in [0.25, 0.3) is 0 Å². The van der Waals surface area contributed by atoms with Crippen molar-refractivity contribution in [3.05, 3.63) is 76.5 Å². The summed E-state index contributed by atoms with van der Waals surface area (Å²) in [5.41, 5.74) is 0.216. The first-order chi connectivity index (χ1) is 12.6. The molecule has 0 unspecified atom stereocenters. The number of carbonyl (C=O) groups is 1. The van der Waals surface area contributed by atoms with Gasteiger partial charge in [-0.05, 0) is 11.6 Å². The summed E-state index contributed by atoms with van der Waals surface area (Å²) in [6.07, 6.45) is 4.57. The Balaban J connectivity index is 1.93. The van der Waals surface area contributed by atoms with Crippen molar-refractivity contribution in [1.29, 1.82) is 0 Å². The maximum atomic E-state index is 12.5. The van der Waals surface area contributed by atoms with Crippen LogP contribution in [0, 0.1) is 0 Å². The van der Waals surface area contributed by atoms with Gasteiger partial charge in [-0.25, -0.2) is 4.68 Å². The van der Waals surface area contributed by atoms with E-state index in [1.165, 1.54) is 9.58 Å². The van der Waals surface area contributed by atoms with Crippen LogP contribution in [-0.4, -0.2) is 49.1 Å². The molecule has 132 valence electrons. The summed E-state index contributed by atoms with van der Waals surface area (Å²) in [7, 11) is 1.64. The van der Waals surface area contributed by atoms with E-state index in [9.17, 15) is 14.7 Å². The molecule has 1 N–H and O–H groups in total. The van der Waals surface area contributed by atoms with Crippen LogP contribution in [0.1, 0.15) is 28.1 Å². The number of likely N-dealkylation sites (N-methyl/N-ethyl adjacent to an activating group) is 1. The second-order valence-corrected chi connectivity index (χ2v) is 6.25. The minimum atomic E-state index is -0.672. The molecule has 0 saturated heterocycles. The minimum absolute atomic E-state index is 0.0932. The number of hydrogen-bond donors (Lipinski definition) is 1. The molecule has 1 aliphatic rings. The zero-order valence-electron chi connectivity index (χ0n) is 14.1. The molecule has 2 aromatic heterocycles. The average Bonchev–Trinajstić information content (AvgIpc) is 3.17. The second kappa shape index (κ2) is 6.14. The van der Waals surface area contributed by atoms with Crippen LogP contribution in [0.3, 0.4) is 0 Å². The summed E-state index contributed by atoms with van der Waals surface area (Å²) in [4.78, 5) is 25.8. The summed E-state index contributed by atoms with van der Waals surface area (Å²) in [6.45, 7) is 0.362. The summed E-state index contributed by atoms with van der Waals surface area (Å²) in [5.74, 6) is -1.01. The van der Waals surface area contributed by atoms with Crippen LogP contribution in [0.5, 0.6) is 5.75 Å². The monoisotopic (exact) mass is 351 g/mol. The standard InChI is InChI=1S/C18H17N5O3/c1-21-11-13(23-16(18(21)26)17(25)14(24)10-20-23)15(22-9-5-8-19-22)12-6-3-2-4-7-12/h2-10,13,15,25H,11H2,1H3/t13-,15+/m1/s1. The quantitative estimate of drug-likeness (QED) is 0.762. The number of aromatic nitrogens is 4. The Morgan fingerprint density at radius 2 is 1.92 bits per heavy atom. The first kappa shape index (κ1) is 16.1. The van der Waals surface area contributed by atoms with Crippen molar-refractivity contribution in [2.24, 2.45) is 0 Å². The van der Waals surface area contributed by atoms with E-state index in [1.807, 2.05) is 42.6 Å². The van der Waals surface area contributed by atoms with Gasteiger partial charge in [-0.2, -0.15) is 10.2 Å². The fraction of sp³-hybridized carbons (Fsp3) is 0.222. The molecule has 0 aliphatic carbocycles. The third-order valence-corrected chi connectivity index (χ3v) is 4.63. The SMILES string of the molecule is CN1C[C@H]([C@H](c2ccccc2)n2cccn2)n2ncc(=O)c(O)c2C1=O. The molecule has 0 radical (unpaired) electrons. The number of benzene rings is 1. The topological polar surface area (TPSA) is 93.2 Å². The molecule has 0 spiro atoms. The van der Waals surface area contributed by atoms with Gasteiger partial charge in [-0.3, -0.25) is 14.3 Å². The highest BCUT2D eigenvalue weighted by Gasteiger charge is 2.38. The number of aromatic hydroxyl groups is 1. The van der Waals surface area contributed by atoms with Crippen LogP contribution in [-0.2, 0) is 0 Å². The molecule has 0 fully saturated rings. The fourth-order valence-corrected chi connectivity index (χ4v) is 3.41. The molecule has 1 aromatic carbocycles. The zero-order valence-corrected chi connectivity index (χ0v) is 14.1. The lowest BCUT2D eigenvalue weighted by Crippen LogP contribution is -2.46. The average molecular weight is 351 g/mol. The molecule has 26 heavy (non-hydrogen) atoms. The lowest BCUT2D eigenvalue weighted by Gasteiger charge is -2.37. The largest absolute Gasteiger partial charge is 0.502 e. The molecule has 0 saturated carbocycles. The van der Waals surface area contributed by atoms with E-state index in [0.717, 1.165) is 11.8 Å². The van der Waals surface area contributed by atoms with Crippen molar-refractivity contribution < 1.29 is 9.90 Å². The van der Waals surface area contributed by atoms with Gasteiger partial charge in [0, 0.05) is 26.0 Å². The predicted octanol–water partition coefficient (Wildman–Crippen LogP) is 1.06. The van der Waals surface area contributed by atoms with Gasteiger partial charge >= 0.3 is 0 Å².